The van der Waals surface area contributed by atoms with E-state index >= 15 is 0 Å². The smallest absolute Gasteiger partial charge is 0.222 e. The van der Waals surface area contributed by atoms with Crippen LogP contribution < -0.4 is 5.73 Å². The Morgan fingerprint density at radius 1 is 1.26 bits per heavy atom. The molecule has 3 N–H and O–H groups in total. The summed E-state index contributed by atoms with van der Waals surface area (Å²) >= 11 is 0. The molecule has 1 amide bonds. The van der Waals surface area contributed by atoms with Gasteiger partial charge in [-0.3, -0.25) is 4.79 Å². The minimum atomic E-state index is 0.309. The van der Waals surface area contributed by atoms with Gasteiger partial charge < -0.3 is 15.6 Å². The van der Waals surface area contributed by atoms with Gasteiger partial charge in [0, 0.05) is 42.7 Å². The maximum absolute atomic E-state index is 12.5. The molecule has 2 fully saturated rings. The summed E-state index contributed by atoms with van der Waals surface area (Å²) < 4.78 is 0. The van der Waals surface area contributed by atoms with Crippen molar-refractivity contribution in [2.45, 2.75) is 38.1 Å². The van der Waals surface area contributed by atoms with E-state index < -0.39 is 0 Å². The summed E-state index contributed by atoms with van der Waals surface area (Å²) in [4.78, 5) is 17.8. The fraction of sp³-hybridized carbons (Fsp3) is 0.526. The highest BCUT2D eigenvalue weighted by Gasteiger charge is 2.42. The van der Waals surface area contributed by atoms with Crippen molar-refractivity contribution in [2.75, 3.05) is 13.1 Å². The molecule has 0 spiro atoms. The van der Waals surface area contributed by atoms with Crippen molar-refractivity contribution >= 4 is 16.8 Å². The molecule has 1 saturated carbocycles. The molecule has 2 heterocycles. The highest BCUT2D eigenvalue weighted by Crippen LogP contribution is 2.37. The van der Waals surface area contributed by atoms with Crippen molar-refractivity contribution in [1.82, 2.24) is 9.88 Å². The fourth-order valence-corrected chi connectivity index (χ4v) is 4.44. The van der Waals surface area contributed by atoms with Crippen LogP contribution in [-0.4, -0.2) is 34.9 Å². The van der Waals surface area contributed by atoms with E-state index in [0.717, 1.165) is 32.4 Å². The largest absolute Gasteiger partial charge is 0.361 e. The highest BCUT2D eigenvalue weighted by atomic mass is 16.2. The normalized spacial score (nSPS) is 26.8. The average molecular weight is 311 g/mol. The van der Waals surface area contributed by atoms with Gasteiger partial charge in [0.05, 0.1) is 0 Å². The minimum absolute atomic E-state index is 0.309. The first-order valence-corrected chi connectivity index (χ1v) is 8.80. The molecule has 23 heavy (non-hydrogen) atoms. The lowest BCUT2D eigenvalue weighted by Crippen LogP contribution is -2.33. The lowest BCUT2D eigenvalue weighted by atomic mass is 9.98. The summed E-state index contributed by atoms with van der Waals surface area (Å²) in [6, 6.07) is 8.66. The number of carbonyl (C=O) groups excluding carboxylic acids is 1. The second kappa shape index (κ2) is 6.00. The van der Waals surface area contributed by atoms with E-state index in [1.165, 1.54) is 22.9 Å². The Morgan fingerprint density at radius 2 is 2.13 bits per heavy atom. The quantitative estimate of drug-likeness (QED) is 0.912. The van der Waals surface area contributed by atoms with Crippen molar-refractivity contribution in [3.05, 3.63) is 36.0 Å². The third-order valence-electron chi connectivity index (χ3n) is 5.78. The number of nitrogens with one attached hydrogen (secondary N) is 1. The summed E-state index contributed by atoms with van der Waals surface area (Å²) in [5, 5.41) is 1.28. The zero-order chi connectivity index (χ0) is 15.8. The van der Waals surface area contributed by atoms with Crippen LogP contribution in [0.4, 0.5) is 0 Å². The number of nitrogens with two attached hydrogens (primary N) is 1. The van der Waals surface area contributed by atoms with Gasteiger partial charge in [-0.15, -0.1) is 0 Å². The fourth-order valence-electron chi connectivity index (χ4n) is 4.44. The molecule has 122 valence electrons. The Morgan fingerprint density at radius 3 is 3.00 bits per heavy atom. The van der Waals surface area contributed by atoms with E-state index in [2.05, 4.69) is 34.3 Å². The molecule has 1 aliphatic heterocycles. The summed E-state index contributed by atoms with van der Waals surface area (Å²) in [5.41, 5.74) is 8.65. The number of fused-ring (bicyclic) bond motifs is 2. The first-order chi connectivity index (χ1) is 11.2. The molecule has 3 atom stereocenters. The molecule has 2 aliphatic rings. The molecule has 1 aromatic heterocycles. The summed E-state index contributed by atoms with van der Waals surface area (Å²) in [6.45, 7) is 1.82. The highest BCUT2D eigenvalue weighted by molar-refractivity contribution is 5.83. The number of hydrogen-bond donors (Lipinski definition) is 2. The number of benzene rings is 1. The number of likely N-dealkylation sites (tertiary alicyclic amines) is 1. The van der Waals surface area contributed by atoms with Crippen LogP contribution in [0.2, 0.25) is 0 Å². The second-order valence-corrected chi connectivity index (χ2v) is 7.18. The lowest BCUT2D eigenvalue weighted by Gasteiger charge is -2.18. The van der Waals surface area contributed by atoms with Crippen molar-refractivity contribution < 1.29 is 4.79 Å². The van der Waals surface area contributed by atoms with Gasteiger partial charge in [-0.25, -0.2) is 0 Å². The third-order valence-corrected chi connectivity index (χ3v) is 5.78. The zero-order valence-electron chi connectivity index (χ0n) is 13.5. The lowest BCUT2D eigenvalue weighted by molar-refractivity contribution is -0.130. The third kappa shape index (κ3) is 2.76. The number of aryl methyl sites for hydroxylation is 1. The van der Waals surface area contributed by atoms with Crippen molar-refractivity contribution in [3.8, 4) is 0 Å². The zero-order valence-corrected chi connectivity index (χ0v) is 13.5. The standard InChI is InChI=1S/C19H25N3O/c20-17-9-8-14-11-22(12-16(14)17)19(23)7-3-4-13-10-21-18-6-2-1-5-15(13)18/h1-2,5-6,10,14,16-17,21H,3-4,7-9,11-12,20H2. The number of rotatable bonds is 4. The van der Waals surface area contributed by atoms with Gasteiger partial charge in [-0.05, 0) is 49.1 Å². The number of hydrogen-bond acceptors (Lipinski definition) is 2. The molecule has 2 aromatic rings. The molecular weight excluding hydrogens is 286 g/mol. The minimum Gasteiger partial charge on any atom is -0.361 e. The monoisotopic (exact) mass is 311 g/mol. The van der Waals surface area contributed by atoms with Gasteiger partial charge in [-0.2, -0.15) is 0 Å². The van der Waals surface area contributed by atoms with Crippen molar-refractivity contribution in [2.24, 2.45) is 17.6 Å². The second-order valence-electron chi connectivity index (χ2n) is 7.18. The van der Waals surface area contributed by atoms with E-state index in [9.17, 15) is 4.79 Å². The molecule has 0 radical (unpaired) electrons. The Bertz CT molecular complexity index is 707. The van der Waals surface area contributed by atoms with E-state index in [1.54, 1.807) is 0 Å². The van der Waals surface area contributed by atoms with Gasteiger partial charge in [0.25, 0.3) is 0 Å². The maximum atomic E-state index is 12.5. The number of nitrogens with zero attached hydrogens (tertiary/aromatic N) is 1. The van der Waals surface area contributed by atoms with Gasteiger partial charge in [0.15, 0.2) is 0 Å². The van der Waals surface area contributed by atoms with Gasteiger partial charge in [-0.1, -0.05) is 18.2 Å². The molecular formula is C19H25N3O. The predicted octanol–water partition coefficient (Wildman–Crippen LogP) is 2.69. The van der Waals surface area contributed by atoms with Gasteiger partial charge in [0.2, 0.25) is 5.91 Å². The Balaban J connectivity index is 1.31. The Labute approximate surface area is 137 Å². The average Bonchev–Trinajstić information content (AvgIpc) is 3.24. The van der Waals surface area contributed by atoms with Crippen molar-refractivity contribution in [1.29, 1.82) is 0 Å². The number of amides is 1. The number of para-hydroxylation sites is 1. The molecule has 3 unspecified atom stereocenters. The Hall–Kier alpha value is -1.81. The molecule has 1 saturated heterocycles. The van der Waals surface area contributed by atoms with Crippen LogP contribution in [0.1, 0.15) is 31.2 Å². The predicted molar refractivity (Wildman–Crippen MR) is 92.0 cm³/mol. The SMILES string of the molecule is NC1CCC2CN(C(=O)CCCc3c[nH]c4ccccc34)CC12. The van der Waals surface area contributed by atoms with Gasteiger partial charge >= 0.3 is 0 Å². The number of H-pyrrole nitrogens is 1. The van der Waals surface area contributed by atoms with Crippen LogP contribution in [0.25, 0.3) is 10.9 Å². The summed E-state index contributed by atoms with van der Waals surface area (Å²) in [6.07, 6.45) is 6.93. The molecule has 4 nitrogen and oxygen atoms in total. The van der Waals surface area contributed by atoms with Crippen molar-refractivity contribution in [3.63, 3.8) is 0 Å². The topological polar surface area (TPSA) is 62.1 Å². The first kappa shape index (κ1) is 14.8. The van der Waals surface area contributed by atoms with Crippen LogP contribution >= 0.6 is 0 Å². The van der Waals surface area contributed by atoms with Crippen LogP contribution in [0.15, 0.2) is 30.5 Å². The van der Waals surface area contributed by atoms with Crippen LogP contribution in [0.5, 0.6) is 0 Å². The number of aromatic nitrogens is 1. The van der Waals surface area contributed by atoms with Gasteiger partial charge in [0.1, 0.15) is 0 Å². The Kier molecular flexibility index (Phi) is 3.85. The molecule has 1 aliphatic carbocycles. The van der Waals surface area contributed by atoms with E-state index in [0.29, 0.717) is 30.2 Å². The molecule has 4 rings (SSSR count). The molecule has 0 bridgehead atoms. The molecule has 4 heteroatoms. The maximum Gasteiger partial charge on any atom is 0.222 e. The number of aromatic amines is 1. The summed E-state index contributed by atoms with van der Waals surface area (Å²) in [5.74, 6) is 1.52. The number of carbonyl (C=O) groups is 1. The molecule has 1 aromatic carbocycles. The summed E-state index contributed by atoms with van der Waals surface area (Å²) in [7, 11) is 0. The van der Waals surface area contributed by atoms with Crippen LogP contribution in [0, 0.1) is 11.8 Å². The van der Waals surface area contributed by atoms with Crippen LogP contribution in [0.3, 0.4) is 0 Å². The van der Waals surface area contributed by atoms with E-state index in [-0.39, 0.29) is 0 Å². The van der Waals surface area contributed by atoms with E-state index in [1.807, 2.05) is 6.07 Å². The van der Waals surface area contributed by atoms with Crippen LogP contribution in [-0.2, 0) is 11.2 Å². The first-order valence-electron chi connectivity index (χ1n) is 8.80. The van der Waals surface area contributed by atoms with E-state index in [4.69, 9.17) is 5.73 Å².